The molecule has 0 aromatic carbocycles. The number of pyridine rings is 2. The van der Waals surface area contributed by atoms with Gasteiger partial charge in [0.1, 0.15) is 10.8 Å². The van der Waals surface area contributed by atoms with Crippen molar-refractivity contribution in [2.45, 2.75) is 25.7 Å². The van der Waals surface area contributed by atoms with Crippen LogP contribution in [0, 0.1) is 6.92 Å². The number of carbonyl (C=O) groups excluding carboxylic acids is 2. The van der Waals surface area contributed by atoms with E-state index in [1.807, 2.05) is 24.0 Å². The van der Waals surface area contributed by atoms with Crippen molar-refractivity contribution in [2.75, 3.05) is 31.3 Å². The molecule has 0 unspecified atom stereocenters. The van der Waals surface area contributed by atoms with Crippen LogP contribution in [0.2, 0.25) is 10.2 Å². The van der Waals surface area contributed by atoms with E-state index in [1.54, 1.807) is 28.8 Å². The Morgan fingerprint density at radius 2 is 1.77 bits per heavy atom. The summed E-state index contributed by atoms with van der Waals surface area (Å²) in [7, 11) is 0. The van der Waals surface area contributed by atoms with Gasteiger partial charge in [-0.25, -0.2) is 4.98 Å². The third-order valence-corrected chi connectivity index (χ3v) is 7.00. The lowest BCUT2D eigenvalue weighted by Crippen LogP contribution is -2.39. The molecule has 158 valence electrons. The van der Waals surface area contributed by atoms with Gasteiger partial charge in [0.05, 0.1) is 22.2 Å². The second-order valence-corrected chi connectivity index (χ2v) is 9.39. The van der Waals surface area contributed by atoms with E-state index in [2.05, 4.69) is 4.98 Å². The van der Waals surface area contributed by atoms with Gasteiger partial charge in [-0.05, 0) is 44.0 Å². The van der Waals surface area contributed by atoms with Crippen molar-refractivity contribution in [2.24, 2.45) is 0 Å². The Morgan fingerprint density at radius 3 is 2.47 bits per heavy atom. The predicted molar refractivity (Wildman–Crippen MR) is 119 cm³/mol. The zero-order chi connectivity index (χ0) is 21.3. The molecular weight excluding hydrogens is 443 g/mol. The molecule has 2 fully saturated rings. The lowest BCUT2D eigenvalue weighted by Gasteiger charge is -2.32. The van der Waals surface area contributed by atoms with Crippen LogP contribution in [0.25, 0.3) is 0 Å². The third-order valence-electron chi connectivity index (χ3n) is 5.52. The smallest absolute Gasteiger partial charge is 0.274 e. The summed E-state index contributed by atoms with van der Waals surface area (Å²) in [6.45, 7) is 3.82. The summed E-state index contributed by atoms with van der Waals surface area (Å²) in [5.74, 6) is 1.67. The van der Waals surface area contributed by atoms with Crippen molar-refractivity contribution >= 4 is 46.8 Å². The van der Waals surface area contributed by atoms with Gasteiger partial charge in [-0.15, -0.1) is 11.8 Å². The van der Waals surface area contributed by atoms with Gasteiger partial charge in [-0.1, -0.05) is 23.2 Å². The Morgan fingerprint density at radius 1 is 1.00 bits per heavy atom. The molecule has 9 heteroatoms. The zero-order valence-corrected chi connectivity index (χ0v) is 18.9. The van der Waals surface area contributed by atoms with Gasteiger partial charge in [0.2, 0.25) is 0 Å². The molecule has 6 nitrogen and oxygen atoms in total. The van der Waals surface area contributed by atoms with Gasteiger partial charge >= 0.3 is 0 Å². The highest BCUT2D eigenvalue weighted by molar-refractivity contribution is 7.99. The summed E-state index contributed by atoms with van der Waals surface area (Å²) in [4.78, 5) is 38.3. The number of piperidine rings is 1. The topological polar surface area (TPSA) is 66.4 Å². The van der Waals surface area contributed by atoms with Crippen LogP contribution in [0.3, 0.4) is 0 Å². The molecule has 0 atom stereocenters. The van der Waals surface area contributed by atoms with Crippen molar-refractivity contribution in [3.8, 4) is 0 Å². The Labute approximate surface area is 190 Å². The summed E-state index contributed by atoms with van der Waals surface area (Å²) in [6.07, 6.45) is 1.46. The number of nitrogens with zero attached hydrogens (tertiary/aromatic N) is 4. The second kappa shape index (κ2) is 9.12. The minimum absolute atomic E-state index is 0.0518. The number of halogens is 2. The van der Waals surface area contributed by atoms with Crippen LogP contribution in [0.5, 0.6) is 0 Å². The first kappa shape index (κ1) is 21.4. The van der Waals surface area contributed by atoms with E-state index < -0.39 is 0 Å². The first-order chi connectivity index (χ1) is 14.4. The van der Waals surface area contributed by atoms with Crippen LogP contribution in [0.4, 0.5) is 0 Å². The molecule has 2 aromatic heterocycles. The third kappa shape index (κ3) is 4.43. The molecule has 2 amide bonds. The Kier molecular flexibility index (Phi) is 6.51. The molecule has 2 aromatic rings. The van der Waals surface area contributed by atoms with Crippen LogP contribution >= 0.6 is 35.0 Å². The van der Waals surface area contributed by atoms with E-state index in [9.17, 15) is 9.59 Å². The summed E-state index contributed by atoms with van der Waals surface area (Å²) in [5.41, 5.74) is 2.61. The van der Waals surface area contributed by atoms with Crippen LogP contribution in [-0.2, 0) is 0 Å². The van der Waals surface area contributed by atoms with Gasteiger partial charge in [0.25, 0.3) is 11.8 Å². The maximum absolute atomic E-state index is 13.0. The number of carbonyl (C=O) groups is 2. The number of likely N-dealkylation sites (tertiary alicyclic amines) is 1. The standard InChI is InChI=1S/C21H22Cl2N4O2S/c1-13-2-3-15(20(28)27-10-11-30-12-27)18(24-13)14-6-8-26(9-7-14)21(29)19-16(22)4-5-17(23)25-19/h2-5,14H,6-12H2,1H3. The van der Waals surface area contributed by atoms with Crippen molar-refractivity contribution in [3.05, 3.63) is 57.1 Å². The van der Waals surface area contributed by atoms with Crippen molar-refractivity contribution in [3.63, 3.8) is 0 Å². The summed E-state index contributed by atoms with van der Waals surface area (Å²) >= 11 is 13.8. The van der Waals surface area contributed by atoms with E-state index in [4.69, 9.17) is 28.2 Å². The fourth-order valence-electron chi connectivity index (χ4n) is 3.89. The van der Waals surface area contributed by atoms with Crippen LogP contribution < -0.4 is 0 Å². The number of thioether (sulfide) groups is 1. The van der Waals surface area contributed by atoms with Crippen LogP contribution in [-0.4, -0.2) is 62.8 Å². The molecule has 0 bridgehead atoms. The summed E-state index contributed by atoms with van der Waals surface area (Å²) in [6, 6.07) is 6.94. The molecule has 2 saturated heterocycles. The highest BCUT2D eigenvalue weighted by Gasteiger charge is 2.31. The second-order valence-electron chi connectivity index (χ2n) is 7.52. The average molecular weight is 465 g/mol. The van der Waals surface area contributed by atoms with E-state index >= 15 is 0 Å². The number of rotatable bonds is 3. The summed E-state index contributed by atoms with van der Waals surface area (Å²) in [5, 5.41) is 0.535. The van der Waals surface area contributed by atoms with Crippen molar-refractivity contribution in [1.82, 2.24) is 19.8 Å². The van der Waals surface area contributed by atoms with Crippen LogP contribution in [0.15, 0.2) is 24.3 Å². The van der Waals surface area contributed by atoms with Gasteiger partial charge in [-0.3, -0.25) is 14.6 Å². The van der Waals surface area contributed by atoms with Gasteiger partial charge in [-0.2, -0.15) is 0 Å². The first-order valence-electron chi connectivity index (χ1n) is 9.90. The van der Waals surface area contributed by atoms with Crippen LogP contribution in [0.1, 0.15) is 51.0 Å². The van der Waals surface area contributed by atoms with E-state index in [0.717, 1.165) is 42.4 Å². The highest BCUT2D eigenvalue weighted by Crippen LogP contribution is 2.32. The SMILES string of the molecule is Cc1ccc(C(=O)N2CCSC2)c(C2CCN(C(=O)c3nc(Cl)ccc3Cl)CC2)n1. The molecule has 0 saturated carbocycles. The number of amides is 2. The zero-order valence-electron chi connectivity index (χ0n) is 16.6. The number of hydrogen-bond donors (Lipinski definition) is 0. The highest BCUT2D eigenvalue weighted by atomic mass is 35.5. The molecule has 30 heavy (non-hydrogen) atoms. The van der Waals surface area contributed by atoms with Gasteiger partial charge in [0.15, 0.2) is 0 Å². The molecule has 4 heterocycles. The number of aromatic nitrogens is 2. The molecule has 4 rings (SSSR count). The fraction of sp³-hybridized carbons (Fsp3) is 0.429. The maximum atomic E-state index is 13.0. The molecule has 0 spiro atoms. The Hall–Kier alpha value is -1.83. The maximum Gasteiger partial charge on any atom is 0.274 e. The number of aryl methyl sites for hydroxylation is 1. The van der Waals surface area contributed by atoms with Crippen molar-refractivity contribution < 1.29 is 9.59 Å². The Bertz CT molecular complexity index is 973. The van der Waals surface area contributed by atoms with E-state index in [0.29, 0.717) is 23.7 Å². The molecule has 0 N–H and O–H groups in total. The summed E-state index contributed by atoms with van der Waals surface area (Å²) < 4.78 is 0. The molecule has 0 aliphatic carbocycles. The molecule has 0 radical (unpaired) electrons. The fourth-order valence-corrected chi connectivity index (χ4v) is 5.17. The minimum atomic E-state index is -0.219. The predicted octanol–water partition coefficient (Wildman–Crippen LogP) is 4.26. The lowest BCUT2D eigenvalue weighted by atomic mass is 9.89. The monoisotopic (exact) mass is 464 g/mol. The Balaban J connectivity index is 1.50. The van der Waals surface area contributed by atoms with Gasteiger partial charge < -0.3 is 9.80 Å². The van der Waals surface area contributed by atoms with Crippen molar-refractivity contribution in [1.29, 1.82) is 0 Å². The largest absolute Gasteiger partial charge is 0.337 e. The molecule has 2 aliphatic rings. The first-order valence-corrected chi connectivity index (χ1v) is 11.8. The van der Waals surface area contributed by atoms with E-state index in [-0.39, 0.29) is 28.6 Å². The normalized spacial score (nSPS) is 17.4. The minimum Gasteiger partial charge on any atom is -0.337 e. The van der Waals surface area contributed by atoms with Gasteiger partial charge in [0, 0.05) is 37.0 Å². The molecular formula is C21H22Cl2N4O2S. The quantitative estimate of drug-likeness (QED) is 0.634. The van der Waals surface area contributed by atoms with E-state index in [1.165, 1.54) is 0 Å². The lowest BCUT2D eigenvalue weighted by molar-refractivity contribution is 0.0702. The number of hydrogen-bond acceptors (Lipinski definition) is 5. The molecule has 2 aliphatic heterocycles. The average Bonchev–Trinajstić information content (AvgIpc) is 3.29.